The van der Waals surface area contributed by atoms with Crippen molar-refractivity contribution in [3.63, 3.8) is 0 Å². The maximum absolute atomic E-state index is 2.55. The molecule has 0 amide bonds. The third kappa shape index (κ3) is 8.29. The third-order valence-electron chi connectivity index (χ3n) is 16.9. The number of hydrogen-bond donors (Lipinski definition) is 0. The van der Waals surface area contributed by atoms with E-state index in [0.717, 1.165) is 56.6 Å². The van der Waals surface area contributed by atoms with Gasteiger partial charge in [-0.2, -0.15) is 0 Å². The van der Waals surface area contributed by atoms with E-state index in [2.05, 4.69) is 333 Å². The van der Waals surface area contributed by atoms with Crippen molar-refractivity contribution in [1.29, 1.82) is 0 Å². The van der Waals surface area contributed by atoms with Crippen LogP contribution in [-0.4, -0.2) is 6.71 Å². The lowest BCUT2D eigenvalue weighted by atomic mass is 9.33. The van der Waals surface area contributed by atoms with Crippen LogP contribution in [0.5, 0.6) is 0 Å². The van der Waals surface area contributed by atoms with E-state index in [9.17, 15) is 0 Å². The second-order valence-corrected chi connectivity index (χ2v) is 22.8. The Balaban J connectivity index is 1.04. The minimum atomic E-state index is -0.0657. The van der Waals surface area contributed by atoms with Gasteiger partial charge in [0, 0.05) is 51.2 Å². The highest BCUT2D eigenvalue weighted by molar-refractivity contribution is 7.00. The first-order valence-electron chi connectivity index (χ1n) is 28.6. The molecule has 13 aromatic rings. The molecule has 0 fully saturated rings. The molecule has 0 bridgehead atoms. The summed E-state index contributed by atoms with van der Waals surface area (Å²) < 4.78 is 0. The monoisotopic (exact) mass is 1050 g/mol. The molecule has 0 aromatic heterocycles. The van der Waals surface area contributed by atoms with Gasteiger partial charge in [0.1, 0.15) is 0 Å². The number of rotatable bonds is 9. The molecule has 0 atom stereocenters. The highest BCUT2D eigenvalue weighted by Gasteiger charge is 2.44. The Labute approximate surface area is 481 Å². The van der Waals surface area contributed by atoms with E-state index in [1.165, 1.54) is 82.6 Å². The average molecular weight is 1050 g/mol. The predicted molar refractivity (Wildman–Crippen MR) is 351 cm³/mol. The van der Waals surface area contributed by atoms with Gasteiger partial charge < -0.3 is 14.7 Å². The second-order valence-electron chi connectivity index (χ2n) is 22.8. The highest BCUT2D eigenvalue weighted by atomic mass is 15.2. The molecule has 0 unspecified atom stereocenters. The predicted octanol–water partition coefficient (Wildman–Crippen LogP) is 19.5. The molecule has 2 heterocycles. The van der Waals surface area contributed by atoms with E-state index in [4.69, 9.17) is 0 Å². The quantitative estimate of drug-likeness (QED) is 0.105. The molecule has 0 radical (unpaired) electrons. The highest BCUT2D eigenvalue weighted by Crippen LogP contribution is 2.50. The first-order chi connectivity index (χ1) is 40.3. The minimum absolute atomic E-state index is 0.0404. The summed E-state index contributed by atoms with van der Waals surface area (Å²) >= 11 is 0. The molecule has 13 aromatic carbocycles. The summed E-state index contributed by atoms with van der Waals surface area (Å²) in [6.45, 7) is 6.86. The average Bonchev–Trinajstić information content (AvgIpc) is 1.32. The molecule has 388 valence electrons. The number of hydrogen-bond acceptors (Lipinski definition) is 3. The van der Waals surface area contributed by atoms with E-state index in [-0.39, 0.29) is 12.1 Å². The van der Waals surface area contributed by atoms with Crippen molar-refractivity contribution in [3.05, 3.63) is 303 Å². The number of benzene rings is 13. The van der Waals surface area contributed by atoms with Crippen LogP contribution in [0.15, 0.2) is 297 Å². The Morgan fingerprint density at radius 2 is 0.720 bits per heavy atom. The molecule has 15 rings (SSSR count). The molecule has 82 heavy (non-hydrogen) atoms. The SMILES string of the molecule is CC(C)(C)c1cccc(-c2cc(-c3cc4c5c(c3)N(c3ccccc3)c3cc(N(c6ccccc6)c6ccccc6)ccc3B5c3ccccc3N4c3ccccc3)cc(-c3c4ccccc4c(-c4ccccc4)c4ccccc34)c2)c1. The summed E-state index contributed by atoms with van der Waals surface area (Å²) in [6.07, 6.45) is 0. The zero-order valence-electron chi connectivity index (χ0n) is 46.2. The van der Waals surface area contributed by atoms with Gasteiger partial charge >= 0.3 is 0 Å². The van der Waals surface area contributed by atoms with Crippen LogP contribution in [-0.2, 0) is 5.41 Å². The van der Waals surface area contributed by atoms with E-state index in [0.29, 0.717) is 0 Å². The van der Waals surface area contributed by atoms with Crippen LogP contribution < -0.4 is 31.1 Å². The number of nitrogens with zero attached hydrogens (tertiary/aromatic N) is 3. The normalized spacial score (nSPS) is 12.5. The van der Waals surface area contributed by atoms with Gasteiger partial charge in [-0.05, 0) is 190 Å². The van der Waals surface area contributed by atoms with Crippen molar-refractivity contribution >= 4 is 95.8 Å². The van der Waals surface area contributed by atoms with E-state index in [1.54, 1.807) is 0 Å². The van der Waals surface area contributed by atoms with Gasteiger partial charge in [0.2, 0.25) is 0 Å². The zero-order valence-corrected chi connectivity index (χ0v) is 46.2. The smallest absolute Gasteiger partial charge is 0.252 e. The summed E-state index contributed by atoms with van der Waals surface area (Å²) in [5, 5.41) is 4.93. The van der Waals surface area contributed by atoms with Crippen LogP contribution in [0.25, 0.3) is 66.1 Å². The van der Waals surface area contributed by atoms with Crippen LogP contribution >= 0.6 is 0 Å². The van der Waals surface area contributed by atoms with Gasteiger partial charge in [0.25, 0.3) is 6.71 Å². The summed E-state index contributed by atoms with van der Waals surface area (Å²) in [5.41, 5.74) is 24.7. The van der Waals surface area contributed by atoms with Crippen molar-refractivity contribution in [2.75, 3.05) is 14.7 Å². The van der Waals surface area contributed by atoms with Crippen molar-refractivity contribution in [3.8, 4) is 44.5 Å². The lowest BCUT2D eigenvalue weighted by molar-refractivity contribution is 0.590. The van der Waals surface area contributed by atoms with Crippen molar-refractivity contribution in [2.45, 2.75) is 26.2 Å². The topological polar surface area (TPSA) is 9.72 Å². The molecule has 2 aliphatic heterocycles. The largest absolute Gasteiger partial charge is 0.311 e. The fourth-order valence-electron chi connectivity index (χ4n) is 13.2. The van der Waals surface area contributed by atoms with Crippen LogP contribution in [0.3, 0.4) is 0 Å². The van der Waals surface area contributed by atoms with Crippen LogP contribution in [0.4, 0.5) is 51.2 Å². The molecule has 0 saturated heterocycles. The molecule has 2 aliphatic rings. The maximum atomic E-state index is 2.55. The molecular formula is C78H58BN3. The lowest BCUT2D eigenvalue weighted by Gasteiger charge is -2.44. The van der Waals surface area contributed by atoms with Crippen LogP contribution in [0, 0.1) is 0 Å². The van der Waals surface area contributed by atoms with Crippen LogP contribution in [0.1, 0.15) is 26.3 Å². The first kappa shape index (κ1) is 48.9. The lowest BCUT2D eigenvalue weighted by Crippen LogP contribution is -2.61. The number of para-hydroxylation sites is 5. The Morgan fingerprint density at radius 1 is 0.293 bits per heavy atom. The molecule has 3 nitrogen and oxygen atoms in total. The Kier molecular flexibility index (Phi) is 11.9. The zero-order chi connectivity index (χ0) is 54.9. The summed E-state index contributed by atoms with van der Waals surface area (Å²) in [5.74, 6) is 0. The Morgan fingerprint density at radius 3 is 1.28 bits per heavy atom. The number of fused-ring (bicyclic) bond motifs is 6. The fraction of sp³-hybridized carbons (Fsp3) is 0.0513. The van der Waals surface area contributed by atoms with Crippen molar-refractivity contribution < 1.29 is 0 Å². The molecule has 0 N–H and O–H groups in total. The summed E-state index contributed by atoms with van der Waals surface area (Å²) in [4.78, 5) is 7.45. The van der Waals surface area contributed by atoms with Crippen molar-refractivity contribution in [2.24, 2.45) is 0 Å². The van der Waals surface area contributed by atoms with Gasteiger partial charge in [0.15, 0.2) is 0 Å². The van der Waals surface area contributed by atoms with Gasteiger partial charge in [-0.25, -0.2) is 0 Å². The third-order valence-corrected chi connectivity index (χ3v) is 16.9. The van der Waals surface area contributed by atoms with Gasteiger partial charge in [-0.1, -0.05) is 221 Å². The van der Waals surface area contributed by atoms with Gasteiger partial charge in [-0.15, -0.1) is 0 Å². The molecule has 0 aliphatic carbocycles. The summed E-state index contributed by atoms with van der Waals surface area (Å²) in [7, 11) is 0. The van der Waals surface area contributed by atoms with Crippen LogP contribution in [0.2, 0.25) is 0 Å². The summed E-state index contributed by atoms with van der Waals surface area (Å²) in [6, 6.07) is 110. The van der Waals surface area contributed by atoms with Crippen molar-refractivity contribution in [1.82, 2.24) is 0 Å². The Hall–Kier alpha value is -10.2. The van der Waals surface area contributed by atoms with Gasteiger partial charge in [0.05, 0.1) is 0 Å². The molecule has 4 heteroatoms. The standard InChI is InChI=1S/C78H58BN3/c1-78(2,3)59-29-25-28-54(49-59)55-46-56(48-58(47-55)76-67-40-21-19-38-65(67)75(53-26-9-4-10-27-53)66-39-20-22-41-68(66)76)57-50-73-77-74(51-57)82(63-36-17-8-18-37-63)72-52-64(80(60-30-11-5-12-31-60)61-32-13-6-14-33-61)44-45-70(72)79(77)69-42-23-24-43-71(69)81(73)62-34-15-7-16-35-62/h4-52H,1-3H3. The molecular weight excluding hydrogens is 990 g/mol. The Bertz CT molecular complexity index is 4460. The van der Waals surface area contributed by atoms with E-state index >= 15 is 0 Å². The second kappa shape index (κ2) is 19.9. The minimum Gasteiger partial charge on any atom is -0.311 e. The van der Waals surface area contributed by atoms with E-state index < -0.39 is 0 Å². The van der Waals surface area contributed by atoms with E-state index in [1.807, 2.05) is 0 Å². The molecule has 0 spiro atoms. The molecule has 0 saturated carbocycles. The first-order valence-corrected chi connectivity index (χ1v) is 28.6. The number of anilines is 9. The fourth-order valence-corrected chi connectivity index (χ4v) is 13.2. The maximum Gasteiger partial charge on any atom is 0.252 e. The van der Waals surface area contributed by atoms with Gasteiger partial charge in [-0.3, -0.25) is 0 Å².